The molecule has 4 nitrogen and oxygen atoms in total. The van der Waals surface area contributed by atoms with Gasteiger partial charge < -0.3 is 15.0 Å². The molecule has 2 saturated heterocycles. The second kappa shape index (κ2) is 5.00. The van der Waals surface area contributed by atoms with Gasteiger partial charge in [0, 0.05) is 38.3 Å². The zero-order chi connectivity index (χ0) is 11.6. The lowest BCUT2D eigenvalue weighted by Gasteiger charge is -2.44. The number of piperazine rings is 1. The van der Waals surface area contributed by atoms with Gasteiger partial charge in [0.25, 0.3) is 0 Å². The zero-order valence-corrected chi connectivity index (χ0v) is 10.8. The lowest BCUT2D eigenvalue weighted by molar-refractivity contribution is -0.0148. The Balaban J connectivity index is 1.76. The average molecular weight is 227 g/mol. The average Bonchev–Trinajstić information content (AvgIpc) is 2.15. The lowest BCUT2D eigenvalue weighted by atomic mass is 10.0. The van der Waals surface area contributed by atoms with E-state index in [0.29, 0.717) is 6.04 Å². The Labute approximate surface area is 98.9 Å². The van der Waals surface area contributed by atoms with Crippen molar-refractivity contribution >= 4 is 0 Å². The third kappa shape index (κ3) is 2.94. The van der Waals surface area contributed by atoms with E-state index in [9.17, 15) is 0 Å². The van der Waals surface area contributed by atoms with Gasteiger partial charge in [0.05, 0.1) is 19.3 Å². The lowest BCUT2D eigenvalue weighted by Crippen LogP contribution is -2.59. The molecule has 0 unspecified atom stereocenters. The van der Waals surface area contributed by atoms with Crippen molar-refractivity contribution in [2.75, 3.05) is 53.0 Å². The molecule has 16 heavy (non-hydrogen) atoms. The Morgan fingerprint density at radius 2 is 1.81 bits per heavy atom. The van der Waals surface area contributed by atoms with E-state index < -0.39 is 0 Å². The predicted molar refractivity (Wildman–Crippen MR) is 65.8 cm³/mol. The Morgan fingerprint density at radius 3 is 2.31 bits per heavy atom. The summed E-state index contributed by atoms with van der Waals surface area (Å²) in [6.07, 6.45) is 0. The molecule has 4 heteroatoms. The summed E-state index contributed by atoms with van der Waals surface area (Å²) in [4.78, 5) is 5.00. The fourth-order valence-electron chi connectivity index (χ4n) is 2.27. The summed E-state index contributed by atoms with van der Waals surface area (Å²) in [5.41, 5.74) is 0.261. The smallest absolute Gasteiger partial charge is 0.0643 e. The number of nitrogens with one attached hydrogen (secondary N) is 1. The minimum atomic E-state index is 0.261. The maximum atomic E-state index is 5.18. The molecule has 0 saturated carbocycles. The number of hydrogen-bond donors (Lipinski definition) is 1. The van der Waals surface area contributed by atoms with Crippen LogP contribution in [0.2, 0.25) is 0 Å². The van der Waals surface area contributed by atoms with Gasteiger partial charge in [0.1, 0.15) is 0 Å². The monoisotopic (exact) mass is 227 g/mol. The van der Waals surface area contributed by atoms with Crippen LogP contribution in [0.1, 0.15) is 13.8 Å². The summed E-state index contributed by atoms with van der Waals surface area (Å²) in [5.74, 6) is 0. The molecule has 94 valence electrons. The molecule has 0 aliphatic carbocycles. The first kappa shape index (κ1) is 12.3. The Bertz CT molecular complexity index is 220. The van der Waals surface area contributed by atoms with Crippen LogP contribution in [-0.4, -0.2) is 74.4 Å². The number of likely N-dealkylation sites (N-methyl/N-ethyl adjacent to an activating group) is 1. The van der Waals surface area contributed by atoms with Gasteiger partial charge >= 0.3 is 0 Å². The first-order chi connectivity index (χ1) is 7.58. The van der Waals surface area contributed by atoms with Crippen LogP contribution in [0.15, 0.2) is 0 Å². The summed E-state index contributed by atoms with van der Waals surface area (Å²) in [6, 6.07) is 0.590. The fraction of sp³-hybridized carbons (Fsp3) is 1.00. The van der Waals surface area contributed by atoms with E-state index in [4.69, 9.17) is 4.74 Å². The van der Waals surface area contributed by atoms with Crippen molar-refractivity contribution in [3.05, 3.63) is 0 Å². The minimum Gasteiger partial charge on any atom is -0.378 e. The molecule has 0 amide bonds. The summed E-state index contributed by atoms with van der Waals surface area (Å²) in [6.45, 7) is 12.3. The molecule has 1 N–H and O–H groups in total. The molecule has 2 fully saturated rings. The van der Waals surface area contributed by atoms with E-state index in [1.807, 2.05) is 0 Å². The summed E-state index contributed by atoms with van der Waals surface area (Å²) >= 11 is 0. The van der Waals surface area contributed by atoms with Crippen molar-refractivity contribution in [2.24, 2.45) is 0 Å². The van der Waals surface area contributed by atoms with E-state index in [2.05, 4.69) is 36.0 Å². The van der Waals surface area contributed by atoms with Crippen LogP contribution >= 0.6 is 0 Å². The highest BCUT2D eigenvalue weighted by molar-refractivity contribution is 4.89. The Kier molecular flexibility index (Phi) is 3.85. The van der Waals surface area contributed by atoms with Gasteiger partial charge in [-0.3, -0.25) is 4.90 Å². The zero-order valence-electron chi connectivity index (χ0n) is 10.8. The summed E-state index contributed by atoms with van der Waals surface area (Å²) in [5, 5.41) is 3.59. The van der Waals surface area contributed by atoms with Crippen LogP contribution in [0, 0.1) is 0 Å². The Hall–Kier alpha value is -0.160. The molecule has 0 spiro atoms. The molecule has 0 atom stereocenters. The third-order valence-corrected chi connectivity index (χ3v) is 3.82. The molecule has 0 aromatic heterocycles. The largest absolute Gasteiger partial charge is 0.378 e. The van der Waals surface area contributed by atoms with Crippen molar-refractivity contribution in [3.8, 4) is 0 Å². The molecule has 2 aliphatic rings. The van der Waals surface area contributed by atoms with Crippen molar-refractivity contribution in [3.63, 3.8) is 0 Å². The van der Waals surface area contributed by atoms with Crippen molar-refractivity contribution < 1.29 is 4.74 Å². The van der Waals surface area contributed by atoms with Crippen LogP contribution < -0.4 is 5.32 Å². The van der Waals surface area contributed by atoms with Gasteiger partial charge in [0.2, 0.25) is 0 Å². The van der Waals surface area contributed by atoms with Crippen molar-refractivity contribution in [1.29, 1.82) is 0 Å². The fourth-order valence-corrected chi connectivity index (χ4v) is 2.27. The third-order valence-electron chi connectivity index (χ3n) is 3.82. The molecular formula is C12H25N3O. The number of hydrogen-bond acceptors (Lipinski definition) is 4. The first-order valence-electron chi connectivity index (χ1n) is 6.33. The van der Waals surface area contributed by atoms with E-state index in [-0.39, 0.29) is 5.54 Å². The van der Waals surface area contributed by atoms with Crippen LogP contribution in [-0.2, 0) is 4.74 Å². The van der Waals surface area contributed by atoms with E-state index in [1.165, 1.54) is 26.2 Å². The molecule has 2 heterocycles. The molecule has 0 bridgehead atoms. The van der Waals surface area contributed by atoms with Gasteiger partial charge in [-0.05, 0) is 20.9 Å². The normalized spacial score (nSPS) is 25.7. The highest BCUT2D eigenvalue weighted by Gasteiger charge is 2.30. The summed E-state index contributed by atoms with van der Waals surface area (Å²) in [7, 11) is 2.20. The van der Waals surface area contributed by atoms with Crippen LogP contribution in [0.3, 0.4) is 0 Å². The second-order valence-corrected chi connectivity index (χ2v) is 5.72. The van der Waals surface area contributed by atoms with Gasteiger partial charge in [-0.1, -0.05) is 0 Å². The Morgan fingerprint density at radius 1 is 1.19 bits per heavy atom. The predicted octanol–water partition coefficient (Wildman–Crippen LogP) is 0.000800. The molecular weight excluding hydrogens is 202 g/mol. The van der Waals surface area contributed by atoms with Crippen LogP contribution in [0.4, 0.5) is 0 Å². The topological polar surface area (TPSA) is 27.7 Å². The molecule has 2 rings (SSSR count). The number of rotatable bonds is 4. The first-order valence-corrected chi connectivity index (χ1v) is 6.33. The molecule has 0 aromatic rings. The second-order valence-electron chi connectivity index (χ2n) is 5.72. The van der Waals surface area contributed by atoms with Gasteiger partial charge in [-0.25, -0.2) is 0 Å². The number of ether oxygens (including phenoxy) is 1. The van der Waals surface area contributed by atoms with Crippen molar-refractivity contribution in [1.82, 2.24) is 15.1 Å². The highest BCUT2D eigenvalue weighted by Crippen LogP contribution is 2.16. The van der Waals surface area contributed by atoms with Crippen LogP contribution in [0.25, 0.3) is 0 Å². The van der Waals surface area contributed by atoms with Gasteiger partial charge in [-0.2, -0.15) is 0 Å². The molecule has 0 aromatic carbocycles. The minimum absolute atomic E-state index is 0.261. The van der Waals surface area contributed by atoms with E-state index in [1.54, 1.807) is 0 Å². The maximum Gasteiger partial charge on any atom is 0.0643 e. The maximum absolute atomic E-state index is 5.18. The molecule has 0 radical (unpaired) electrons. The standard InChI is InChI=1S/C12H25N3O/c1-12(2,10-13-11-8-16-9-11)15-6-4-14(3)5-7-15/h11,13H,4-10H2,1-3H3. The highest BCUT2D eigenvalue weighted by atomic mass is 16.5. The van der Waals surface area contributed by atoms with Gasteiger partial charge in [-0.15, -0.1) is 0 Å². The number of nitrogens with zero attached hydrogens (tertiary/aromatic N) is 2. The molecule has 2 aliphatic heterocycles. The summed E-state index contributed by atoms with van der Waals surface area (Å²) < 4.78 is 5.18. The van der Waals surface area contributed by atoms with E-state index >= 15 is 0 Å². The van der Waals surface area contributed by atoms with Crippen molar-refractivity contribution in [2.45, 2.75) is 25.4 Å². The van der Waals surface area contributed by atoms with E-state index in [0.717, 1.165) is 19.8 Å². The van der Waals surface area contributed by atoms with Crippen LogP contribution in [0.5, 0.6) is 0 Å². The SMILES string of the molecule is CN1CCN(C(C)(C)CNC2COC2)CC1. The van der Waals surface area contributed by atoms with Gasteiger partial charge in [0.15, 0.2) is 0 Å². The quantitative estimate of drug-likeness (QED) is 0.732.